The number of methoxy groups -OCH3 is 1. The van der Waals surface area contributed by atoms with E-state index < -0.39 is 5.97 Å². The number of ether oxygens (including phenoxy) is 2. The van der Waals surface area contributed by atoms with Gasteiger partial charge in [-0.25, -0.2) is 0 Å². The van der Waals surface area contributed by atoms with Crippen molar-refractivity contribution in [2.75, 3.05) is 13.7 Å². The highest BCUT2D eigenvalue weighted by Gasteiger charge is 2.35. The molecule has 1 aliphatic carbocycles. The van der Waals surface area contributed by atoms with Gasteiger partial charge in [0.2, 0.25) is 0 Å². The molecule has 138 valence electrons. The van der Waals surface area contributed by atoms with Gasteiger partial charge in [0.15, 0.2) is 11.6 Å². The van der Waals surface area contributed by atoms with Crippen LogP contribution in [0, 0.1) is 11.8 Å². The Bertz CT molecular complexity index is 587. The minimum Gasteiger partial charge on any atom is -0.465 e. The minimum absolute atomic E-state index is 0.0210. The Balaban J connectivity index is 2.31. The largest absolute Gasteiger partial charge is 0.465 e. The molecule has 0 aromatic rings. The average Bonchev–Trinajstić information content (AvgIpc) is 2.53. The number of cyclic esters (lactones) is 1. The zero-order chi connectivity index (χ0) is 18.4. The number of rotatable bonds is 1. The summed E-state index contributed by atoms with van der Waals surface area (Å²) in [5.41, 5.74) is 1.81. The highest BCUT2D eigenvalue weighted by molar-refractivity contribution is 6.02. The summed E-state index contributed by atoms with van der Waals surface area (Å²) in [7, 11) is 1.68. The maximum absolute atomic E-state index is 12.5. The Kier molecular flexibility index (Phi) is 7.12. The van der Waals surface area contributed by atoms with E-state index in [2.05, 4.69) is 0 Å². The van der Waals surface area contributed by atoms with Crippen molar-refractivity contribution in [3.63, 3.8) is 0 Å². The molecule has 0 unspecified atom stereocenters. The van der Waals surface area contributed by atoms with Gasteiger partial charge in [0.25, 0.3) is 0 Å². The summed E-state index contributed by atoms with van der Waals surface area (Å²) in [6, 6.07) is 0. The first-order chi connectivity index (χ1) is 11.9. The minimum atomic E-state index is -0.514. The number of carbonyl (C=O) groups excluding carboxylic acids is 3. The van der Waals surface area contributed by atoms with E-state index in [1.54, 1.807) is 19.3 Å². The summed E-state index contributed by atoms with van der Waals surface area (Å²) in [5, 5.41) is 0. The fourth-order valence-electron chi connectivity index (χ4n) is 3.93. The summed E-state index contributed by atoms with van der Waals surface area (Å²) < 4.78 is 10.7. The maximum Gasteiger partial charge on any atom is 0.313 e. The van der Waals surface area contributed by atoms with Gasteiger partial charge in [-0.05, 0) is 50.7 Å². The van der Waals surface area contributed by atoms with Crippen LogP contribution < -0.4 is 0 Å². The third kappa shape index (κ3) is 5.63. The van der Waals surface area contributed by atoms with E-state index in [1.165, 1.54) is 0 Å². The van der Waals surface area contributed by atoms with E-state index in [9.17, 15) is 14.4 Å². The van der Waals surface area contributed by atoms with Crippen molar-refractivity contribution in [1.82, 2.24) is 0 Å². The Labute approximate surface area is 149 Å². The van der Waals surface area contributed by atoms with Gasteiger partial charge in [-0.1, -0.05) is 17.6 Å². The molecule has 1 saturated carbocycles. The number of carbonyl (C=O) groups is 3. The second kappa shape index (κ2) is 9.09. The molecule has 5 heteroatoms. The van der Waals surface area contributed by atoms with Crippen LogP contribution in [0.15, 0.2) is 23.3 Å². The number of hydrogen-bond donors (Lipinski definition) is 0. The van der Waals surface area contributed by atoms with Crippen LogP contribution in [0.2, 0.25) is 0 Å². The third-order valence-electron chi connectivity index (χ3n) is 5.20. The smallest absolute Gasteiger partial charge is 0.313 e. The van der Waals surface area contributed by atoms with E-state index in [1.807, 2.05) is 13.8 Å². The number of ketones is 2. The van der Waals surface area contributed by atoms with E-state index in [4.69, 9.17) is 9.47 Å². The van der Waals surface area contributed by atoms with Crippen molar-refractivity contribution < 1.29 is 23.9 Å². The number of allylic oxidation sites excluding steroid dienone is 3. The zero-order valence-electron chi connectivity index (χ0n) is 15.4. The van der Waals surface area contributed by atoms with Gasteiger partial charge in [-0.2, -0.15) is 0 Å². The second-order valence-corrected chi connectivity index (χ2v) is 7.14. The Morgan fingerprint density at radius 1 is 1.08 bits per heavy atom. The molecular formula is C20H28O5. The summed E-state index contributed by atoms with van der Waals surface area (Å²) >= 11 is 0. The number of esters is 1. The lowest BCUT2D eigenvalue weighted by molar-refractivity contribution is -0.145. The summed E-state index contributed by atoms with van der Waals surface area (Å²) in [6.07, 6.45) is 6.78. The van der Waals surface area contributed by atoms with Crippen LogP contribution in [0.1, 0.15) is 52.4 Å². The first-order valence-electron chi connectivity index (χ1n) is 9.00. The lowest BCUT2D eigenvalue weighted by atomic mass is 9.71. The first-order valence-corrected chi connectivity index (χ1v) is 9.00. The quantitative estimate of drug-likeness (QED) is 0.538. The van der Waals surface area contributed by atoms with E-state index >= 15 is 0 Å². The van der Waals surface area contributed by atoms with Crippen molar-refractivity contribution in [2.45, 2.75) is 58.5 Å². The van der Waals surface area contributed by atoms with Crippen molar-refractivity contribution >= 4 is 17.5 Å². The summed E-state index contributed by atoms with van der Waals surface area (Å²) in [4.78, 5) is 36.4. The molecule has 5 nitrogen and oxygen atoms in total. The van der Waals surface area contributed by atoms with Gasteiger partial charge in [-0.15, -0.1) is 0 Å². The highest BCUT2D eigenvalue weighted by Crippen LogP contribution is 2.39. The number of fused-ring (bicyclic) bond motifs is 1. The van der Waals surface area contributed by atoms with Crippen molar-refractivity contribution in [3.8, 4) is 0 Å². The molecule has 0 amide bonds. The highest BCUT2D eigenvalue weighted by atomic mass is 16.5. The molecule has 0 N–H and O–H groups in total. The summed E-state index contributed by atoms with van der Waals surface area (Å²) in [5.74, 6) is -0.496. The molecule has 0 bridgehead atoms. The van der Waals surface area contributed by atoms with Crippen LogP contribution in [0.5, 0.6) is 0 Å². The van der Waals surface area contributed by atoms with Gasteiger partial charge in [0.1, 0.15) is 6.42 Å². The Morgan fingerprint density at radius 3 is 2.56 bits per heavy atom. The van der Waals surface area contributed by atoms with Crippen molar-refractivity contribution in [3.05, 3.63) is 23.3 Å². The van der Waals surface area contributed by atoms with Crippen molar-refractivity contribution in [1.29, 1.82) is 0 Å². The molecule has 3 atom stereocenters. The Hall–Kier alpha value is -1.75. The molecule has 1 heterocycles. The van der Waals surface area contributed by atoms with Gasteiger partial charge in [-0.3, -0.25) is 14.4 Å². The lowest BCUT2D eigenvalue weighted by Gasteiger charge is -2.37. The zero-order valence-corrected chi connectivity index (χ0v) is 15.4. The SMILES string of the molecule is CO[C@@H]1CCC[C@H]2/C(C)=C/C(=O)CC(=O)OCC/C(C)=C\C(=O)C[C@H]12. The first kappa shape index (κ1) is 19.6. The molecule has 25 heavy (non-hydrogen) atoms. The van der Waals surface area contributed by atoms with Crippen LogP contribution in [0.3, 0.4) is 0 Å². The van der Waals surface area contributed by atoms with Crippen LogP contribution in [0.25, 0.3) is 0 Å². The number of hydrogen-bond acceptors (Lipinski definition) is 5. The standard InChI is InChI=1S/C20H28O5/c1-13-7-8-25-20(23)12-16(22)10-14(2)17-5-4-6-19(24-3)18(17)11-15(21)9-13/h9-10,17-19H,4-8,11-12H2,1-3H3/b13-9-,14-10+/t17-,18-,19+/m0/s1. The third-order valence-corrected chi connectivity index (χ3v) is 5.20. The van der Waals surface area contributed by atoms with Crippen LogP contribution in [-0.2, 0) is 23.9 Å². The monoisotopic (exact) mass is 348 g/mol. The molecule has 0 aromatic carbocycles. The second-order valence-electron chi connectivity index (χ2n) is 7.14. The fourth-order valence-corrected chi connectivity index (χ4v) is 3.93. The lowest BCUT2D eigenvalue weighted by Crippen LogP contribution is -2.36. The predicted octanol–water partition coefficient (Wildman–Crippen LogP) is 3.18. The normalized spacial score (nSPS) is 34.0. The predicted molar refractivity (Wildman–Crippen MR) is 94.0 cm³/mol. The molecule has 0 spiro atoms. The molecule has 2 rings (SSSR count). The summed E-state index contributed by atoms with van der Waals surface area (Å²) in [6.45, 7) is 3.97. The molecule has 1 fully saturated rings. The average molecular weight is 348 g/mol. The van der Waals surface area contributed by atoms with Crippen LogP contribution >= 0.6 is 0 Å². The van der Waals surface area contributed by atoms with Gasteiger partial charge in [0, 0.05) is 20.0 Å². The molecule has 2 aliphatic rings. The molecule has 0 radical (unpaired) electrons. The van der Waals surface area contributed by atoms with Crippen LogP contribution in [-0.4, -0.2) is 37.4 Å². The molecule has 0 saturated heterocycles. The molecule has 0 aromatic heterocycles. The van der Waals surface area contributed by atoms with Gasteiger partial charge in [0.05, 0.1) is 12.7 Å². The maximum atomic E-state index is 12.5. The van der Waals surface area contributed by atoms with Crippen molar-refractivity contribution in [2.24, 2.45) is 11.8 Å². The Morgan fingerprint density at radius 2 is 1.84 bits per heavy atom. The van der Waals surface area contributed by atoms with E-state index in [0.29, 0.717) is 12.8 Å². The van der Waals surface area contributed by atoms with Gasteiger partial charge < -0.3 is 9.47 Å². The fraction of sp³-hybridized carbons (Fsp3) is 0.650. The molecule has 1 aliphatic heterocycles. The van der Waals surface area contributed by atoms with Gasteiger partial charge >= 0.3 is 5.97 Å². The van der Waals surface area contributed by atoms with E-state index in [0.717, 1.165) is 30.4 Å². The van der Waals surface area contributed by atoms with Crippen LogP contribution in [0.4, 0.5) is 0 Å². The van der Waals surface area contributed by atoms with E-state index in [-0.39, 0.29) is 42.5 Å². The topological polar surface area (TPSA) is 69.7 Å². The molecular weight excluding hydrogens is 320 g/mol.